The molecular formula is C13H20N3O3S+. The molecule has 6 nitrogen and oxygen atoms in total. The second-order valence-electron chi connectivity index (χ2n) is 5.11. The lowest BCUT2D eigenvalue weighted by atomic mass is 10.2. The van der Waals surface area contributed by atoms with Crippen molar-refractivity contribution in [2.75, 3.05) is 32.7 Å². The third kappa shape index (κ3) is 3.36. The predicted molar refractivity (Wildman–Crippen MR) is 74.7 cm³/mol. The summed E-state index contributed by atoms with van der Waals surface area (Å²) in [6.45, 7) is 4.22. The summed E-state index contributed by atoms with van der Waals surface area (Å²) >= 11 is 0. The van der Waals surface area contributed by atoms with Gasteiger partial charge in [0, 0.05) is 0 Å². The van der Waals surface area contributed by atoms with Crippen molar-refractivity contribution >= 4 is 15.9 Å². The molecule has 0 radical (unpaired) electrons. The predicted octanol–water partition coefficient (Wildman–Crippen LogP) is -1.63. The normalized spacial score (nSPS) is 18.1. The first kappa shape index (κ1) is 15.0. The third-order valence-corrected chi connectivity index (χ3v) is 5.43. The lowest BCUT2D eigenvalue weighted by Gasteiger charge is -2.30. The number of quaternary nitrogens is 1. The highest BCUT2D eigenvalue weighted by atomic mass is 32.2. The third-order valence-electron chi connectivity index (χ3n) is 3.51. The average Bonchev–Trinajstić information content (AvgIpc) is 2.39. The number of nitrogens with two attached hydrogens (primary N) is 1. The van der Waals surface area contributed by atoms with Crippen LogP contribution >= 0.6 is 0 Å². The molecule has 1 fully saturated rings. The number of hydrogen-bond acceptors (Lipinski definition) is 3. The van der Waals surface area contributed by atoms with Crippen molar-refractivity contribution in [2.24, 2.45) is 5.73 Å². The number of carbonyl (C=O) groups excluding carboxylic acids is 1. The number of rotatable bonds is 4. The Balaban J connectivity index is 2.05. The van der Waals surface area contributed by atoms with E-state index >= 15 is 0 Å². The molecule has 1 heterocycles. The van der Waals surface area contributed by atoms with Crippen LogP contribution in [0, 0.1) is 6.92 Å². The number of sulfonamides is 1. The van der Waals surface area contributed by atoms with Crippen LogP contribution in [0.15, 0.2) is 29.2 Å². The zero-order valence-electron chi connectivity index (χ0n) is 11.5. The standard InChI is InChI=1S/C13H19N3O3S/c1-11-2-4-12(5-3-11)20(18,19)16-8-6-15(7-9-16)10-13(14)17/h2-5H,6-10H2,1H3,(H2,14,17)/p+1. The molecule has 1 amide bonds. The molecule has 0 aromatic heterocycles. The van der Waals surface area contributed by atoms with Crippen molar-refractivity contribution in [3.05, 3.63) is 29.8 Å². The molecule has 110 valence electrons. The van der Waals surface area contributed by atoms with Crippen molar-refractivity contribution in [1.82, 2.24) is 4.31 Å². The molecule has 0 saturated carbocycles. The van der Waals surface area contributed by atoms with Gasteiger partial charge in [0.15, 0.2) is 6.54 Å². The Labute approximate surface area is 119 Å². The molecule has 1 aromatic rings. The van der Waals surface area contributed by atoms with Gasteiger partial charge in [-0.1, -0.05) is 17.7 Å². The molecule has 7 heteroatoms. The van der Waals surface area contributed by atoms with Gasteiger partial charge >= 0.3 is 0 Å². The van der Waals surface area contributed by atoms with E-state index < -0.39 is 10.0 Å². The zero-order chi connectivity index (χ0) is 14.8. The van der Waals surface area contributed by atoms with E-state index in [9.17, 15) is 13.2 Å². The molecule has 1 aromatic carbocycles. The monoisotopic (exact) mass is 298 g/mol. The Morgan fingerprint density at radius 1 is 1.25 bits per heavy atom. The van der Waals surface area contributed by atoms with Crippen LogP contribution in [0.5, 0.6) is 0 Å². The van der Waals surface area contributed by atoms with Gasteiger partial charge in [-0.25, -0.2) is 8.42 Å². The van der Waals surface area contributed by atoms with Crippen molar-refractivity contribution in [1.29, 1.82) is 0 Å². The van der Waals surface area contributed by atoms with Crippen LogP contribution in [0.25, 0.3) is 0 Å². The summed E-state index contributed by atoms with van der Waals surface area (Å²) in [5.74, 6) is -0.352. The highest BCUT2D eigenvalue weighted by Gasteiger charge is 2.30. The number of carbonyl (C=O) groups is 1. The van der Waals surface area contributed by atoms with Crippen LogP contribution in [0.2, 0.25) is 0 Å². The van der Waals surface area contributed by atoms with Gasteiger partial charge in [-0.2, -0.15) is 4.31 Å². The van der Waals surface area contributed by atoms with E-state index in [1.807, 2.05) is 6.92 Å². The second kappa shape index (κ2) is 5.90. The number of amides is 1. The van der Waals surface area contributed by atoms with Crippen molar-refractivity contribution in [2.45, 2.75) is 11.8 Å². The van der Waals surface area contributed by atoms with Gasteiger partial charge in [-0.05, 0) is 19.1 Å². The summed E-state index contributed by atoms with van der Waals surface area (Å²) in [4.78, 5) is 12.2. The van der Waals surface area contributed by atoms with E-state index in [0.29, 0.717) is 31.1 Å². The summed E-state index contributed by atoms with van der Waals surface area (Å²) in [5, 5.41) is 0. The molecule has 3 N–H and O–H groups in total. The van der Waals surface area contributed by atoms with Gasteiger partial charge in [0.25, 0.3) is 5.91 Å². The second-order valence-corrected chi connectivity index (χ2v) is 7.05. The Hall–Kier alpha value is -1.44. The summed E-state index contributed by atoms with van der Waals surface area (Å²) in [6.07, 6.45) is 0. The fourth-order valence-corrected chi connectivity index (χ4v) is 3.77. The first-order valence-electron chi connectivity index (χ1n) is 6.58. The maximum atomic E-state index is 12.5. The van der Waals surface area contributed by atoms with Crippen LogP contribution < -0.4 is 10.6 Å². The van der Waals surface area contributed by atoms with E-state index in [-0.39, 0.29) is 12.5 Å². The number of aryl methyl sites for hydroxylation is 1. The fraction of sp³-hybridized carbons (Fsp3) is 0.462. The Bertz CT molecular complexity index is 575. The van der Waals surface area contributed by atoms with E-state index in [2.05, 4.69) is 0 Å². The van der Waals surface area contributed by atoms with E-state index in [1.165, 1.54) is 4.31 Å². The number of primary amides is 1. The minimum atomic E-state index is -3.43. The lowest BCUT2D eigenvalue weighted by molar-refractivity contribution is -0.895. The fourth-order valence-electron chi connectivity index (χ4n) is 2.33. The quantitative estimate of drug-likeness (QED) is 0.700. The van der Waals surface area contributed by atoms with Crippen LogP contribution in [-0.4, -0.2) is 51.4 Å². The molecule has 0 bridgehead atoms. The van der Waals surface area contributed by atoms with Crippen LogP contribution in [0.3, 0.4) is 0 Å². The summed E-state index contributed by atoms with van der Waals surface area (Å²) in [5.41, 5.74) is 6.18. The number of nitrogens with one attached hydrogen (secondary N) is 1. The van der Waals surface area contributed by atoms with Gasteiger partial charge < -0.3 is 10.6 Å². The first-order valence-corrected chi connectivity index (χ1v) is 8.02. The van der Waals surface area contributed by atoms with E-state index in [1.54, 1.807) is 24.3 Å². The van der Waals surface area contributed by atoms with Gasteiger partial charge in [0.05, 0.1) is 31.1 Å². The van der Waals surface area contributed by atoms with Gasteiger partial charge in [-0.15, -0.1) is 0 Å². The smallest absolute Gasteiger partial charge is 0.272 e. The maximum absolute atomic E-state index is 12.5. The van der Waals surface area contributed by atoms with Crippen LogP contribution in [0.4, 0.5) is 0 Å². The molecular weight excluding hydrogens is 278 g/mol. The lowest BCUT2D eigenvalue weighted by Crippen LogP contribution is -3.15. The Morgan fingerprint density at radius 2 is 1.80 bits per heavy atom. The molecule has 0 aliphatic carbocycles. The largest absolute Gasteiger partial charge is 0.365 e. The van der Waals surface area contributed by atoms with Crippen LogP contribution in [-0.2, 0) is 14.8 Å². The zero-order valence-corrected chi connectivity index (χ0v) is 12.3. The van der Waals surface area contributed by atoms with Gasteiger partial charge in [-0.3, -0.25) is 4.79 Å². The molecule has 1 aliphatic rings. The SMILES string of the molecule is Cc1ccc(S(=O)(=O)N2CC[NH+](CC(N)=O)CC2)cc1. The first-order chi connectivity index (χ1) is 9.39. The minimum Gasteiger partial charge on any atom is -0.365 e. The number of benzene rings is 1. The highest BCUT2D eigenvalue weighted by Crippen LogP contribution is 2.16. The summed E-state index contributed by atoms with van der Waals surface area (Å²) in [6, 6.07) is 6.85. The molecule has 2 rings (SSSR count). The van der Waals surface area contributed by atoms with Crippen molar-refractivity contribution in [3.63, 3.8) is 0 Å². The Morgan fingerprint density at radius 3 is 2.30 bits per heavy atom. The van der Waals surface area contributed by atoms with Gasteiger partial charge in [0.1, 0.15) is 0 Å². The number of nitrogens with zero attached hydrogens (tertiary/aromatic N) is 1. The number of hydrogen-bond donors (Lipinski definition) is 2. The molecule has 1 saturated heterocycles. The topological polar surface area (TPSA) is 84.9 Å². The Kier molecular flexibility index (Phi) is 4.42. The number of piperazine rings is 1. The average molecular weight is 298 g/mol. The van der Waals surface area contributed by atoms with E-state index in [0.717, 1.165) is 10.5 Å². The molecule has 20 heavy (non-hydrogen) atoms. The van der Waals surface area contributed by atoms with Crippen molar-refractivity contribution < 1.29 is 18.1 Å². The molecule has 0 unspecified atom stereocenters. The molecule has 0 atom stereocenters. The molecule has 1 aliphatic heterocycles. The summed E-state index contributed by atoms with van der Waals surface area (Å²) in [7, 11) is -3.43. The highest BCUT2D eigenvalue weighted by molar-refractivity contribution is 7.89. The van der Waals surface area contributed by atoms with Crippen molar-refractivity contribution in [3.8, 4) is 0 Å². The maximum Gasteiger partial charge on any atom is 0.272 e. The summed E-state index contributed by atoms with van der Waals surface area (Å²) < 4.78 is 26.4. The molecule has 0 spiro atoms. The van der Waals surface area contributed by atoms with Gasteiger partial charge in [0.2, 0.25) is 10.0 Å². The minimum absolute atomic E-state index is 0.262. The van der Waals surface area contributed by atoms with E-state index in [4.69, 9.17) is 5.73 Å². The van der Waals surface area contributed by atoms with Crippen LogP contribution in [0.1, 0.15) is 5.56 Å².